The number of aromatic amines is 1. The summed E-state index contributed by atoms with van der Waals surface area (Å²) in [5.41, 5.74) is 6.00. The lowest BCUT2D eigenvalue weighted by Crippen LogP contribution is -1.85. The second kappa shape index (κ2) is 3.24. The van der Waals surface area contributed by atoms with Crippen LogP contribution in [0.2, 0.25) is 0 Å². The minimum atomic E-state index is -0.304. The van der Waals surface area contributed by atoms with E-state index in [0.717, 1.165) is 4.70 Å². The van der Waals surface area contributed by atoms with Crippen molar-refractivity contribution in [1.82, 2.24) is 20.2 Å². The molecular formula is C9H6FN5S. The van der Waals surface area contributed by atoms with Crippen molar-refractivity contribution in [2.45, 2.75) is 0 Å². The number of aromatic nitrogens is 4. The highest BCUT2D eigenvalue weighted by Gasteiger charge is 2.10. The van der Waals surface area contributed by atoms with Crippen molar-refractivity contribution >= 4 is 27.5 Å². The van der Waals surface area contributed by atoms with E-state index in [2.05, 4.69) is 20.2 Å². The van der Waals surface area contributed by atoms with E-state index in [1.54, 1.807) is 6.07 Å². The van der Waals surface area contributed by atoms with Gasteiger partial charge in [0.15, 0.2) is 10.8 Å². The molecule has 0 radical (unpaired) electrons. The van der Waals surface area contributed by atoms with Crippen molar-refractivity contribution < 1.29 is 4.39 Å². The normalized spacial score (nSPS) is 11.1. The molecule has 0 unspecified atom stereocenters. The molecule has 0 amide bonds. The minimum Gasteiger partial charge on any atom is -0.366 e. The van der Waals surface area contributed by atoms with Crippen LogP contribution in [-0.4, -0.2) is 20.2 Å². The van der Waals surface area contributed by atoms with E-state index in [1.165, 1.54) is 23.5 Å². The second-order valence-corrected chi connectivity index (χ2v) is 4.20. The lowest BCUT2D eigenvalue weighted by molar-refractivity contribution is 0.629. The number of H-pyrrole nitrogens is 1. The van der Waals surface area contributed by atoms with Gasteiger partial charge in [-0.05, 0) is 12.1 Å². The van der Waals surface area contributed by atoms with Crippen LogP contribution in [0.1, 0.15) is 0 Å². The molecule has 7 heteroatoms. The summed E-state index contributed by atoms with van der Waals surface area (Å²) in [5, 5.41) is 7.02. The number of nitrogen functional groups attached to an aromatic ring is 1. The van der Waals surface area contributed by atoms with Crippen LogP contribution in [-0.2, 0) is 0 Å². The van der Waals surface area contributed by atoms with Crippen LogP contribution in [0.15, 0.2) is 18.2 Å². The Kier molecular flexibility index (Phi) is 1.87. The molecule has 80 valence electrons. The highest BCUT2D eigenvalue weighted by Crippen LogP contribution is 2.28. The van der Waals surface area contributed by atoms with E-state index in [1.807, 2.05) is 0 Å². The summed E-state index contributed by atoms with van der Waals surface area (Å²) in [5.74, 6) is 0.362. The summed E-state index contributed by atoms with van der Waals surface area (Å²) in [7, 11) is 0. The summed E-state index contributed by atoms with van der Waals surface area (Å²) in [4.78, 5) is 8.21. The third-order valence-electron chi connectivity index (χ3n) is 2.05. The molecule has 2 heterocycles. The van der Waals surface area contributed by atoms with Crippen LogP contribution in [0, 0.1) is 5.82 Å². The predicted molar refractivity (Wildman–Crippen MR) is 59.4 cm³/mol. The quantitative estimate of drug-likeness (QED) is 0.674. The molecule has 0 bridgehead atoms. The van der Waals surface area contributed by atoms with Gasteiger partial charge in [0.1, 0.15) is 5.82 Å². The number of nitrogens with two attached hydrogens (primary N) is 1. The Balaban J connectivity index is 2.18. The lowest BCUT2D eigenvalue weighted by Gasteiger charge is -1.85. The first-order valence-corrected chi connectivity index (χ1v) is 5.28. The molecule has 0 spiro atoms. The monoisotopic (exact) mass is 235 g/mol. The van der Waals surface area contributed by atoms with Crippen LogP contribution < -0.4 is 5.73 Å². The molecule has 0 saturated heterocycles. The molecule has 0 aliphatic heterocycles. The predicted octanol–water partition coefficient (Wildman–Crippen LogP) is 1.80. The highest BCUT2D eigenvalue weighted by atomic mass is 32.1. The number of nitrogens with one attached hydrogen (secondary N) is 1. The maximum absolute atomic E-state index is 13.0. The van der Waals surface area contributed by atoms with Crippen molar-refractivity contribution in [1.29, 1.82) is 0 Å². The number of fused-ring (bicyclic) bond motifs is 1. The van der Waals surface area contributed by atoms with Gasteiger partial charge in [-0.2, -0.15) is 4.98 Å². The van der Waals surface area contributed by atoms with Gasteiger partial charge >= 0.3 is 0 Å². The first kappa shape index (κ1) is 9.22. The fraction of sp³-hybridized carbons (Fsp3) is 0. The molecule has 0 aliphatic carbocycles. The average Bonchev–Trinajstić information content (AvgIpc) is 2.83. The van der Waals surface area contributed by atoms with Crippen molar-refractivity contribution in [3.05, 3.63) is 24.0 Å². The topological polar surface area (TPSA) is 80.5 Å². The van der Waals surface area contributed by atoms with Gasteiger partial charge in [-0.3, -0.25) is 5.10 Å². The van der Waals surface area contributed by atoms with E-state index >= 15 is 0 Å². The molecule has 0 atom stereocenters. The first-order valence-electron chi connectivity index (χ1n) is 4.47. The van der Waals surface area contributed by atoms with Gasteiger partial charge in [-0.15, -0.1) is 16.4 Å². The Bertz CT molecular complexity index is 659. The zero-order chi connectivity index (χ0) is 11.1. The molecule has 0 aliphatic rings. The van der Waals surface area contributed by atoms with Crippen LogP contribution in [0.3, 0.4) is 0 Å². The smallest absolute Gasteiger partial charge is 0.239 e. The Morgan fingerprint density at radius 2 is 2.19 bits per heavy atom. The van der Waals surface area contributed by atoms with Crippen LogP contribution >= 0.6 is 11.3 Å². The lowest BCUT2D eigenvalue weighted by atomic mass is 10.3. The Labute approximate surface area is 93.2 Å². The number of anilines is 1. The number of hydrogen-bond donors (Lipinski definition) is 2. The zero-order valence-electron chi connectivity index (χ0n) is 7.94. The van der Waals surface area contributed by atoms with Gasteiger partial charge in [0, 0.05) is 6.07 Å². The van der Waals surface area contributed by atoms with Crippen LogP contribution in [0.25, 0.3) is 21.0 Å². The fourth-order valence-corrected chi connectivity index (χ4v) is 2.26. The zero-order valence-corrected chi connectivity index (χ0v) is 8.75. The fourth-order valence-electron chi connectivity index (χ4n) is 1.37. The third kappa shape index (κ3) is 1.41. The van der Waals surface area contributed by atoms with Crippen molar-refractivity contribution in [2.24, 2.45) is 0 Å². The van der Waals surface area contributed by atoms with E-state index in [9.17, 15) is 4.39 Å². The maximum Gasteiger partial charge on any atom is 0.239 e. The van der Waals surface area contributed by atoms with Gasteiger partial charge in [0.2, 0.25) is 5.95 Å². The number of halogens is 1. The van der Waals surface area contributed by atoms with Crippen molar-refractivity contribution in [3.63, 3.8) is 0 Å². The van der Waals surface area contributed by atoms with Gasteiger partial charge in [-0.25, -0.2) is 9.37 Å². The Morgan fingerprint density at radius 1 is 1.31 bits per heavy atom. The van der Waals surface area contributed by atoms with Gasteiger partial charge in [0.25, 0.3) is 0 Å². The molecule has 3 rings (SSSR count). The van der Waals surface area contributed by atoms with Gasteiger partial charge < -0.3 is 5.73 Å². The Hall–Kier alpha value is -2.02. The number of rotatable bonds is 1. The molecule has 1 aromatic carbocycles. The molecular weight excluding hydrogens is 229 g/mol. The molecule has 16 heavy (non-hydrogen) atoms. The molecule has 0 fully saturated rings. The molecule has 2 aromatic heterocycles. The van der Waals surface area contributed by atoms with Crippen molar-refractivity contribution in [3.8, 4) is 10.8 Å². The Morgan fingerprint density at radius 3 is 2.94 bits per heavy atom. The first-order chi connectivity index (χ1) is 7.72. The minimum absolute atomic E-state index is 0.167. The van der Waals surface area contributed by atoms with E-state index in [4.69, 9.17) is 5.73 Å². The molecule has 0 saturated carbocycles. The van der Waals surface area contributed by atoms with Crippen LogP contribution in [0.4, 0.5) is 10.3 Å². The second-order valence-electron chi connectivity index (χ2n) is 3.17. The van der Waals surface area contributed by atoms with E-state index in [-0.39, 0.29) is 11.8 Å². The maximum atomic E-state index is 13.0. The summed E-state index contributed by atoms with van der Waals surface area (Å²) in [6, 6.07) is 4.47. The summed E-state index contributed by atoms with van der Waals surface area (Å²) < 4.78 is 13.9. The van der Waals surface area contributed by atoms with Gasteiger partial charge in [0.05, 0.1) is 10.2 Å². The summed E-state index contributed by atoms with van der Waals surface area (Å²) >= 11 is 1.41. The summed E-state index contributed by atoms with van der Waals surface area (Å²) in [6.07, 6.45) is 0. The summed E-state index contributed by atoms with van der Waals surface area (Å²) in [6.45, 7) is 0. The van der Waals surface area contributed by atoms with E-state index in [0.29, 0.717) is 16.3 Å². The largest absolute Gasteiger partial charge is 0.366 e. The highest BCUT2D eigenvalue weighted by molar-refractivity contribution is 7.21. The molecule has 5 nitrogen and oxygen atoms in total. The number of nitrogens with zero attached hydrogens (tertiary/aromatic N) is 3. The number of thiazole rings is 1. The number of benzene rings is 1. The van der Waals surface area contributed by atoms with Crippen molar-refractivity contribution in [2.75, 3.05) is 5.73 Å². The average molecular weight is 235 g/mol. The third-order valence-corrected chi connectivity index (χ3v) is 3.10. The van der Waals surface area contributed by atoms with Gasteiger partial charge in [-0.1, -0.05) is 0 Å². The molecule has 3 aromatic rings. The van der Waals surface area contributed by atoms with Crippen LogP contribution in [0.5, 0.6) is 0 Å². The standard InChI is InChI=1S/C9H6FN5S/c10-4-1-2-6-5(3-4)12-8(16-6)7-13-9(11)15-14-7/h1-3H,(H3,11,13,14,15). The number of hydrogen-bond acceptors (Lipinski definition) is 5. The SMILES string of the molecule is Nc1n[nH]c(-c2nc3cc(F)ccc3s2)n1. The van der Waals surface area contributed by atoms with E-state index < -0.39 is 0 Å². The molecule has 3 N–H and O–H groups in total.